The number of hydrogen-bond donors (Lipinski definition) is 1. The molecule has 4 aromatic rings. The van der Waals surface area contributed by atoms with Crippen LogP contribution in [0, 0.1) is 0 Å². The number of rotatable bonds is 4. The standard InChI is InChI=1S/C24H17F6N/c25-23(26,27)14-19(15-7-3-1-4-8-15)21-18-12-11-17(24(28,29)30)13-20(18)31-22(21)16-9-5-2-6-10-16/h1-13,19,31H,14H2. The van der Waals surface area contributed by atoms with Crippen molar-refractivity contribution in [3.63, 3.8) is 0 Å². The molecule has 0 spiro atoms. The van der Waals surface area contributed by atoms with E-state index in [0.29, 0.717) is 27.8 Å². The van der Waals surface area contributed by atoms with Crippen molar-refractivity contribution in [3.05, 3.63) is 95.6 Å². The smallest absolute Gasteiger partial charge is 0.354 e. The summed E-state index contributed by atoms with van der Waals surface area (Å²) in [5, 5.41) is 0.338. The Morgan fingerprint density at radius 1 is 0.742 bits per heavy atom. The lowest BCUT2D eigenvalue weighted by Crippen LogP contribution is -2.15. The van der Waals surface area contributed by atoms with Gasteiger partial charge in [0.05, 0.1) is 17.7 Å². The van der Waals surface area contributed by atoms with E-state index in [1.807, 2.05) is 0 Å². The monoisotopic (exact) mass is 433 g/mol. The summed E-state index contributed by atoms with van der Waals surface area (Å²) in [4.78, 5) is 2.96. The minimum atomic E-state index is -4.56. The van der Waals surface area contributed by atoms with Gasteiger partial charge in [0.25, 0.3) is 0 Å². The van der Waals surface area contributed by atoms with Crippen LogP contribution in [0.5, 0.6) is 0 Å². The Morgan fingerprint density at radius 2 is 1.35 bits per heavy atom. The van der Waals surface area contributed by atoms with Crippen LogP contribution in [0.15, 0.2) is 78.9 Å². The van der Waals surface area contributed by atoms with Crippen LogP contribution in [0.1, 0.15) is 29.0 Å². The van der Waals surface area contributed by atoms with Crippen molar-refractivity contribution in [3.8, 4) is 11.3 Å². The number of halogens is 6. The van der Waals surface area contributed by atoms with Gasteiger partial charge in [-0.15, -0.1) is 0 Å². The first kappa shape index (κ1) is 21.0. The van der Waals surface area contributed by atoms with Gasteiger partial charge in [0, 0.05) is 16.8 Å². The molecule has 0 bridgehead atoms. The van der Waals surface area contributed by atoms with E-state index in [0.717, 1.165) is 12.1 Å². The lowest BCUT2D eigenvalue weighted by Gasteiger charge is -2.21. The molecular weight excluding hydrogens is 416 g/mol. The Labute approximate surface area is 174 Å². The highest BCUT2D eigenvalue weighted by Gasteiger charge is 2.37. The highest BCUT2D eigenvalue weighted by molar-refractivity contribution is 5.92. The predicted molar refractivity (Wildman–Crippen MR) is 108 cm³/mol. The molecule has 1 N–H and O–H groups in total. The van der Waals surface area contributed by atoms with Crippen molar-refractivity contribution in [2.24, 2.45) is 0 Å². The summed E-state index contributed by atoms with van der Waals surface area (Å²) in [6, 6.07) is 20.0. The second-order valence-corrected chi connectivity index (χ2v) is 7.32. The van der Waals surface area contributed by atoms with E-state index in [1.54, 1.807) is 60.7 Å². The molecule has 0 fully saturated rings. The number of hydrogen-bond acceptors (Lipinski definition) is 0. The van der Waals surface area contributed by atoms with E-state index in [4.69, 9.17) is 0 Å². The molecular formula is C24H17F6N. The molecule has 1 heterocycles. The Hall–Kier alpha value is -3.22. The third-order valence-electron chi connectivity index (χ3n) is 5.21. The zero-order chi connectivity index (χ0) is 22.2. The van der Waals surface area contributed by atoms with Gasteiger partial charge in [0.15, 0.2) is 0 Å². The molecule has 0 aliphatic rings. The largest absolute Gasteiger partial charge is 0.416 e. The maximum atomic E-state index is 13.6. The van der Waals surface area contributed by atoms with Crippen LogP contribution in [-0.4, -0.2) is 11.2 Å². The second kappa shape index (κ2) is 7.80. The van der Waals surface area contributed by atoms with Crippen molar-refractivity contribution in [1.82, 2.24) is 4.98 Å². The van der Waals surface area contributed by atoms with Crippen LogP contribution >= 0.6 is 0 Å². The molecule has 4 rings (SSSR count). The minimum absolute atomic E-state index is 0.145. The lowest BCUT2D eigenvalue weighted by atomic mass is 9.85. The fourth-order valence-corrected chi connectivity index (χ4v) is 3.89. The first-order valence-corrected chi connectivity index (χ1v) is 9.53. The zero-order valence-electron chi connectivity index (χ0n) is 16.1. The van der Waals surface area contributed by atoms with E-state index in [1.165, 1.54) is 6.07 Å². The molecule has 0 radical (unpaired) electrons. The van der Waals surface area contributed by atoms with Crippen molar-refractivity contribution in [2.45, 2.75) is 24.7 Å². The number of nitrogens with one attached hydrogen (secondary N) is 1. The number of fused-ring (bicyclic) bond motifs is 1. The Balaban J connectivity index is 2.01. The van der Waals surface area contributed by atoms with Gasteiger partial charge >= 0.3 is 12.4 Å². The van der Waals surface area contributed by atoms with E-state index in [-0.39, 0.29) is 5.52 Å². The average molecular weight is 433 g/mol. The molecule has 3 aromatic carbocycles. The number of aromatic nitrogens is 1. The molecule has 1 aromatic heterocycles. The first-order chi connectivity index (χ1) is 14.6. The summed E-state index contributed by atoms with van der Waals surface area (Å²) < 4.78 is 80.4. The summed E-state index contributed by atoms with van der Waals surface area (Å²) in [6.07, 6.45) is -10.2. The summed E-state index contributed by atoms with van der Waals surface area (Å²) in [6.45, 7) is 0. The highest BCUT2D eigenvalue weighted by atomic mass is 19.4. The van der Waals surface area contributed by atoms with Crippen molar-refractivity contribution in [1.29, 1.82) is 0 Å². The third kappa shape index (κ3) is 4.45. The van der Waals surface area contributed by atoms with Crippen LogP contribution in [0.25, 0.3) is 22.2 Å². The fraction of sp³-hybridized carbons (Fsp3) is 0.167. The summed E-state index contributed by atoms with van der Waals surface area (Å²) in [5.41, 5.74) is 1.04. The normalized spacial score (nSPS) is 13.5. The highest BCUT2D eigenvalue weighted by Crippen LogP contribution is 2.44. The van der Waals surface area contributed by atoms with Crippen LogP contribution in [0.4, 0.5) is 26.3 Å². The number of alkyl halides is 6. The second-order valence-electron chi connectivity index (χ2n) is 7.32. The Morgan fingerprint density at radius 3 is 1.94 bits per heavy atom. The summed E-state index contributed by atoms with van der Waals surface area (Å²) >= 11 is 0. The van der Waals surface area contributed by atoms with Crippen molar-refractivity contribution in [2.75, 3.05) is 0 Å². The van der Waals surface area contributed by atoms with Crippen LogP contribution < -0.4 is 0 Å². The summed E-state index contributed by atoms with van der Waals surface area (Å²) in [7, 11) is 0. The van der Waals surface area contributed by atoms with Gasteiger partial charge in [0.2, 0.25) is 0 Å². The molecule has 0 saturated heterocycles. The van der Waals surface area contributed by atoms with E-state index in [9.17, 15) is 26.3 Å². The number of H-pyrrole nitrogens is 1. The molecule has 0 saturated carbocycles. The molecule has 1 nitrogen and oxygen atoms in total. The number of aromatic amines is 1. The molecule has 0 amide bonds. The van der Waals surface area contributed by atoms with E-state index >= 15 is 0 Å². The molecule has 31 heavy (non-hydrogen) atoms. The molecule has 1 unspecified atom stereocenters. The average Bonchev–Trinajstić information content (AvgIpc) is 3.11. The summed E-state index contributed by atoms with van der Waals surface area (Å²) in [5.74, 6) is -1.08. The Bertz CT molecular complexity index is 1170. The van der Waals surface area contributed by atoms with Crippen LogP contribution in [0.2, 0.25) is 0 Å². The van der Waals surface area contributed by atoms with Gasteiger partial charge in [-0.25, -0.2) is 0 Å². The van der Waals surface area contributed by atoms with E-state index in [2.05, 4.69) is 4.98 Å². The van der Waals surface area contributed by atoms with Gasteiger partial charge in [-0.3, -0.25) is 0 Å². The van der Waals surface area contributed by atoms with Gasteiger partial charge in [0.1, 0.15) is 0 Å². The van der Waals surface area contributed by atoms with Gasteiger partial charge in [-0.1, -0.05) is 66.7 Å². The third-order valence-corrected chi connectivity index (χ3v) is 5.21. The maximum Gasteiger partial charge on any atom is 0.416 e. The maximum absolute atomic E-state index is 13.6. The van der Waals surface area contributed by atoms with Crippen LogP contribution in [-0.2, 0) is 6.18 Å². The number of benzene rings is 3. The molecule has 0 aliphatic carbocycles. The Kier molecular flexibility index (Phi) is 5.29. The molecule has 7 heteroatoms. The van der Waals surface area contributed by atoms with Gasteiger partial charge in [-0.2, -0.15) is 26.3 Å². The molecule has 0 aliphatic heterocycles. The predicted octanol–water partition coefficient (Wildman–Crippen LogP) is 7.94. The van der Waals surface area contributed by atoms with Crippen molar-refractivity contribution < 1.29 is 26.3 Å². The van der Waals surface area contributed by atoms with E-state index < -0.39 is 30.3 Å². The quantitative estimate of drug-likeness (QED) is 0.315. The van der Waals surface area contributed by atoms with Gasteiger partial charge < -0.3 is 4.98 Å². The molecule has 160 valence electrons. The van der Waals surface area contributed by atoms with Crippen LogP contribution in [0.3, 0.4) is 0 Å². The zero-order valence-corrected chi connectivity index (χ0v) is 16.1. The topological polar surface area (TPSA) is 15.8 Å². The lowest BCUT2D eigenvalue weighted by molar-refractivity contribution is -0.138. The fourth-order valence-electron chi connectivity index (χ4n) is 3.89. The molecule has 1 atom stereocenters. The SMILES string of the molecule is FC(F)(F)CC(c1ccccc1)c1c(-c2ccccc2)[nH]c2cc(C(F)(F)F)ccc12. The first-order valence-electron chi connectivity index (χ1n) is 9.53. The minimum Gasteiger partial charge on any atom is -0.354 e. The van der Waals surface area contributed by atoms with Gasteiger partial charge in [-0.05, 0) is 28.8 Å². The van der Waals surface area contributed by atoms with Crippen molar-refractivity contribution >= 4 is 10.9 Å².